The third-order valence-electron chi connectivity index (χ3n) is 4.65. The smallest absolute Gasteiger partial charge is 0.256 e. The molecule has 0 aliphatic carbocycles. The van der Waals surface area contributed by atoms with Crippen LogP contribution in [0.15, 0.2) is 55.0 Å². The second-order valence-electron chi connectivity index (χ2n) is 6.72. The largest absolute Gasteiger partial charge is 0.476 e. The van der Waals surface area contributed by atoms with Gasteiger partial charge in [0.05, 0.1) is 35.1 Å². The number of carbonyl (C=O) groups excluding carboxylic acids is 1. The molecule has 7 nitrogen and oxygen atoms in total. The Balaban J connectivity index is 1.47. The fourth-order valence-corrected chi connectivity index (χ4v) is 4.31. The standard InChI is InChI=1S/C20H20FN5O2S/c1-14-13-29-16(12-28-19-7-6-15(21)10-22-19)11-25(14)20(27)17-4-2-3-5-18(17)26-23-8-9-24-26/h2-10,14,16H,11-13H2,1H3/t14-,16?/m1/s1. The van der Waals surface area contributed by atoms with Gasteiger partial charge in [-0.15, -0.1) is 0 Å². The molecule has 0 spiro atoms. The highest BCUT2D eigenvalue weighted by Gasteiger charge is 2.31. The van der Waals surface area contributed by atoms with E-state index >= 15 is 0 Å². The van der Waals surface area contributed by atoms with Crippen LogP contribution in [0.3, 0.4) is 0 Å². The average molecular weight is 413 g/mol. The van der Waals surface area contributed by atoms with Gasteiger partial charge in [0.2, 0.25) is 5.88 Å². The second kappa shape index (κ2) is 8.60. The lowest BCUT2D eigenvalue weighted by Gasteiger charge is -2.37. The van der Waals surface area contributed by atoms with Gasteiger partial charge in [0, 0.05) is 24.4 Å². The van der Waals surface area contributed by atoms with E-state index in [1.165, 1.54) is 16.9 Å². The van der Waals surface area contributed by atoms with E-state index in [0.717, 1.165) is 11.9 Å². The Morgan fingerprint density at radius 3 is 2.79 bits per heavy atom. The van der Waals surface area contributed by atoms with Crippen molar-refractivity contribution in [1.82, 2.24) is 24.9 Å². The summed E-state index contributed by atoms with van der Waals surface area (Å²) in [7, 11) is 0. The number of pyridine rings is 1. The molecule has 150 valence electrons. The van der Waals surface area contributed by atoms with E-state index in [0.29, 0.717) is 30.3 Å². The summed E-state index contributed by atoms with van der Waals surface area (Å²) in [5.41, 5.74) is 1.21. The highest BCUT2D eigenvalue weighted by atomic mass is 32.2. The van der Waals surface area contributed by atoms with Crippen LogP contribution in [0.1, 0.15) is 17.3 Å². The van der Waals surface area contributed by atoms with Crippen LogP contribution < -0.4 is 4.74 Å². The molecule has 3 heterocycles. The zero-order valence-corrected chi connectivity index (χ0v) is 16.6. The number of amides is 1. The summed E-state index contributed by atoms with van der Waals surface area (Å²) in [5, 5.41) is 8.40. The predicted molar refractivity (Wildman–Crippen MR) is 108 cm³/mol. The fourth-order valence-electron chi connectivity index (χ4n) is 3.15. The first-order chi connectivity index (χ1) is 14.1. The van der Waals surface area contributed by atoms with E-state index < -0.39 is 5.82 Å². The number of halogens is 1. The van der Waals surface area contributed by atoms with Crippen LogP contribution in [0.4, 0.5) is 4.39 Å². The van der Waals surface area contributed by atoms with Crippen LogP contribution in [-0.2, 0) is 0 Å². The van der Waals surface area contributed by atoms with Crippen LogP contribution in [0.5, 0.6) is 5.88 Å². The quantitative estimate of drug-likeness (QED) is 0.641. The van der Waals surface area contributed by atoms with Crippen molar-refractivity contribution in [2.45, 2.75) is 18.2 Å². The molecule has 1 aromatic carbocycles. The van der Waals surface area contributed by atoms with Crippen molar-refractivity contribution in [1.29, 1.82) is 0 Å². The minimum atomic E-state index is -0.402. The van der Waals surface area contributed by atoms with E-state index in [4.69, 9.17) is 4.74 Å². The summed E-state index contributed by atoms with van der Waals surface area (Å²) < 4.78 is 18.7. The van der Waals surface area contributed by atoms with Gasteiger partial charge < -0.3 is 9.64 Å². The van der Waals surface area contributed by atoms with Crippen LogP contribution in [-0.4, -0.2) is 61.0 Å². The predicted octanol–water partition coefficient (Wildman–Crippen LogP) is 2.83. The monoisotopic (exact) mass is 413 g/mol. The molecule has 0 N–H and O–H groups in total. The number of aromatic nitrogens is 4. The summed E-state index contributed by atoms with van der Waals surface area (Å²) in [6.45, 7) is 2.98. The average Bonchev–Trinajstić information content (AvgIpc) is 3.28. The van der Waals surface area contributed by atoms with E-state index in [1.807, 2.05) is 30.0 Å². The molecule has 0 saturated carbocycles. The summed E-state index contributed by atoms with van der Waals surface area (Å²) in [6.07, 6.45) is 4.29. The molecule has 0 radical (unpaired) electrons. The minimum Gasteiger partial charge on any atom is -0.476 e. The summed E-state index contributed by atoms with van der Waals surface area (Å²) in [5.74, 6) is 0.716. The Bertz CT molecular complexity index is 967. The third-order valence-corrected chi connectivity index (χ3v) is 6.08. The Kier molecular flexibility index (Phi) is 5.75. The maximum absolute atomic E-state index is 13.3. The molecule has 3 aromatic rings. The maximum atomic E-state index is 13.3. The van der Waals surface area contributed by atoms with Gasteiger partial charge in [-0.3, -0.25) is 4.79 Å². The van der Waals surface area contributed by atoms with Gasteiger partial charge in [0.25, 0.3) is 5.91 Å². The number of hydrogen-bond acceptors (Lipinski definition) is 6. The normalized spacial score (nSPS) is 19.2. The molecular weight excluding hydrogens is 393 g/mol. The number of para-hydroxylation sites is 1. The Morgan fingerprint density at radius 1 is 1.24 bits per heavy atom. The Hall–Kier alpha value is -2.94. The molecule has 1 amide bonds. The summed E-state index contributed by atoms with van der Waals surface area (Å²) >= 11 is 1.76. The number of thioether (sulfide) groups is 1. The molecule has 1 saturated heterocycles. The first-order valence-corrected chi connectivity index (χ1v) is 10.3. The first kappa shape index (κ1) is 19.4. The number of ether oxygens (including phenoxy) is 1. The van der Waals surface area contributed by atoms with Crippen LogP contribution >= 0.6 is 11.8 Å². The van der Waals surface area contributed by atoms with Crippen molar-refractivity contribution < 1.29 is 13.9 Å². The number of carbonyl (C=O) groups is 1. The molecule has 4 rings (SSSR count). The second-order valence-corrected chi connectivity index (χ2v) is 8.06. The van der Waals surface area contributed by atoms with Gasteiger partial charge in [-0.2, -0.15) is 26.8 Å². The minimum absolute atomic E-state index is 0.0596. The zero-order valence-electron chi connectivity index (χ0n) is 15.8. The highest BCUT2D eigenvalue weighted by Crippen LogP contribution is 2.26. The van der Waals surface area contributed by atoms with Crippen molar-refractivity contribution in [3.05, 3.63) is 66.4 Å². The lowest BCUT2D eigenvalue weighted by Crippen LogP contribution is -2.49. The van der Waals surface area contributed by atoms with Crippen LogP contribution in [0.2, 0.25) is 0 Å². The SMILES string of the molecule is C[C@@H]1CSC(COc2ccc(F)cn2)CN1C(=O)c1ccccc1-n1nccn1. The Morgan fingerprint density at radius 2 is 2.03 bits per heavy atom. The van der Waals surface area contributed by atoms with Gasteiger partial charge >= 0.3 is 0 Å². The molecule has 2 aromatic heterocycles. The Labute approximate surface area is 171 Å². The lowest BCUT2D eigenvalue weighted by atomic mass is 10.1. The number of benzene rings is 1. The van der Waals surface area contributed by atoms with Crippen molar-refractivity contribution in [2.75, 3.05) is 18.9 Å². The number of hydrogen-bond donors (Lipinski definition) is 0. The zero-order chi connectivity index (χ0) is 20.2. The fraction of sp³-hybridized carbons (Fsp3) is 0.300. The molecule has 1 aliphatic rings. The summed E-state index contributed by atoms with van der Waals surface area (Å²) in [6, 6.07) is 10.2. The molecule has 1 aliphatic heterocycles. The molecule has 29 heavy (non-hydrogen) atoms. The van der Waals surface area contributed by atoms with Crippen molar-refractivity contribution in [3.8, 4) is 11.6 Å². The van der Waals surface area contributed by atoms with Gasteiger partial charge in [-0.05, 0) is 25.1 Å². The van der Waals surface area contributed by atoms with Gasteiger partial charge in [0.15, 0.2) is 0 Å². The van der Waals surface area contributed by atoms with E-state index in [-0.39, 0.29) is 17.2 Å². The van der Waals surface area contributed by atoms with E-state index in [9.17, 15) is 9.18 Å². The maximum Gasteiger partial charge on any atom is 0.256 e. The van der Waals surface area contributed by atoms with Gasteiger partial charge in [0.1, 0.15) is 12.4 Å². The van der Waals surface area contributed by atoms with Crippen LogP contribution in [0, 0.1) is 5.82 Å². The van der Waals surface area contributed by atoms with Crippen molar-refractivity contribution in [2.24, 2.45) is 0 Å². The van der Waals surface area contributed by atoms with E-state index in [2.05, 4.69) is 15.2 Å². The third kappa shape index (κ3) is 4.40. The molecule has 9 heteroatoms. The molecule has 1 fully saturated rings. The van der Waals surface area contributed by atoms with Gasteiger partial charge in [-0.25, -0.2) is 9.37 Å². The first-order valence-electron chi connectivity index (χ1n) is 9.24. The van der Waals surface area contributed by atoms with Gasteiger partial charge in [-0.1, -0.05) is 12.1 Å². The molecular formula is C20H20FN5O2S. The molecule has 2 atom stereocenters. The molecule has 0 bridgehead atoms. The summed E-state index contributed by atoms with van der Waals surface area (Å²) in [4.78, 5) is 20.6. The van der Waals surface area contributed by atoms with Crippen LogP contribution in [0.25, 0.3) is 5.69 Å². The molecule has 1 unspecified atom stereocenters. The number of nitrogens with zero attached hydrogens (tertiary/aromatic N) is 5. The van der Waals surface area contributed by atoms with Crippen molar-refractivity contribution in [3.63, 3.8) is 0 Å². The lowest BCUT2D eigenvalue weighted by molar-refractivity contribution is 0.0692. The van der Waals surface area contributed by atoms with E-state index in [1.54, 1.807) is 30.2 Å². The number of rotatable bonds is 5. The topological polar surface area (TPSA) is 73.1 Å². The van der Waals surface area contributed by atoms with Crippen molar-refractivity contribution >= 4 is 17.7 Å². The highest BCUT2D eigenvalue weighted by molar-refractivity contribution is 8.00.